The Hall–Kier alpha value is -3.54. The third-order valence-corrected chi connectivity index (χ3v) is 6.16. The highest BCUT2D eigenvalue weighted by molar-refractivity contribution is 6.32. The fraction of sp³-hybridized carbons (Fsp3) is 0.250. The zero-order valence-electron chi connectivity index (χ0n) is 16.8. The zero-order valence-corrected chi connectivity index (χ0v) is 16.8. The first-order valence-electron chi connectivity index (χ1n) is 10.2. The molecule has 5 rings (SSSR count). The molecule has 1 amide bonds. The standard InChI is InChI=1S/C24H23N5O/c1-13-3-2-4-20(28-13)22(25)21(23-14-5-7-16(11-14)29-23)17-9-10-27-19-8-6-15(24(26)30)12-18(17)19/h2-4,6,8-10,12,14,16,25,29H,5,7,11H2,1H3,(H2,26,30)/b23-21-,25-22?. The molecule has 2 unspecified atom stereocenters. The number of nitrogens with two attached hydrogens (primary N) is 1. The van der Waals surface area contributed by atoms with E-state index >= 15 is 0 Å². The van der Waals surface area contributed by atoms with Crippen LogP contribution in [0.15, 0.2) is 54.4 Å². The van der Waals surface area contributed by atoms with Gasteiger partial charge >= 0.3 is 0 Å². The minimum atomic E-state index is -0.477. The lowest BCUT2D eigenvalue weighted by Gasteiger charge is -2.23. The summed E-state index contributed by atoms with van der Waals surface area (Å²) >= 11 is 0. The highest BCUT2D eigenvalue weighted by Crippen LogP contribution is 2.42. The molecule has 1 saturated carbocycles. The number of hydrogen-bond donors (Lipinski definition) is 3. The number of aromatic nitrogens is 2. The van der Waals surface area contributed by atoms with E-state index in [4.69, 9.17) is 11.1 Å². The Balaban J connectivity index is 1.76. The van der Waals surface area contributed by atoms with Crippen LogP contribution in [0.5, 0.6) is 0 Å². The van der Waals surface area contributed by atoms with Gasteiger partial charge in [0.2, 0.25) is 5.91 Å². The molecular weight excluding hydrogens is 374 g/mol. The summed E-state index contributed by atoms with van der Waals surface area (Å²) in [5.41, 5.74) is 11.5. The molecule has 150 valence electrons. The Kier molecular flexibility index (Phi) is 4.35. The third-order valence-electron chi connectivity index (χ3n) is 6.16. The number of pyridine rings is 2. The Bertz CT molecular complexity index is 1230. The topological polar surface area (TPSA) is 105 Å². The summed E-state index contributed by atoms with van der Waals surface area (Å²) in [5, 5.41) is 13.6. The molecule has 2 bridgehead atoms. The molecule has 6 nitrogen and oxygen atoms in total. The summed E-state index contributed by atoms with van der Waals surface area (Å²) < 4.78 is 0. The molecule has 2 fully saturated rings. The molecule has 1 aromatic carbocycles. The molecule has 6 heteroatoms. The van der Waals surface area contributed by atoms with Crippen molar-refractivity contribution >= 4 is 28.1 Å². The monoisotopic (exact) mass is 397 g/mol. The van der Waals surface area contributed by atoms with Crippen LogP contribution in [0.1, 0.15) is 46.6 Å². The maximum atomic E-state index is 11.8. The first kappa shape index (κ1) is 18.5. The minimum Gasteiger partial charge on any atom is -0.385 e. The van der Waals surface area contributed by atoms with Gasteiger partial charge in [-0.2, -0.15) is 0 Å². The van der Waals surface area contributed by atoms with Crippen molar-refractivity contribution < 1.29 is 4.79 Å². The summed E-state index contributed by atoms with van der Waals surface area (Å²) in [4.78, 5) is 20.9. The number of amides is 1. The van der Waals surface area contributed by atoms with E-state index in [9.17, 15) is 4.79 Å². The van der Waals surface area contributed by atoms with E-state index in [1.54, 1.807) is 18.3 Å². The normalized spacial score (nSPS) is 21.5. The van der Waals surface area contributed by atoms with Crippen molar-refractivity contribution in [3.8, 4) is 0 Å². The number of fused-ring (bicyclic) bond motifs is 3. The molecule has 0 radical (unpaired) electrons. The van der Waals surface area contributed by atoms with Crippen molar-refractivity contribution in [2.24, 2.45) is 11.7 Å². The van der Waals surface area contributed by atoms with E-state index in [2.05, 4.69) is 15.3 Å². The number of piperidine rings is 1. The molecule has 2 aromatic heterocycles. The summed E-state index contributed by atoms with van der Waals surface area (Å²) in [6.07, 6.45) is 5.15. The van der Waals surface area contributed by atoms with Crippen molar-refractivity contribution in [3.63, 3.8) is 0 Å². The van der Waals surface area contributed by atoms with Crippen LogP contribution in [0.25, 0.3) is 16.5 Å². The van der Waals surface area contributed by atoms with Gasteiger partial charge in [-0.3, -0.25) is 20.2 Å². The smallest absolute Gasteiger partial charge is 0.248 e. The van der Waals surface area contributed by atoms with Crippen LogP contribution in [0.4, 0.5) is 0 Å². The molecule has 0 spiro atoms. The van der Waals surface area contributed by atoms with E-state index in [-0.39, 0.29) is 0 Å². The third kappa shape index (κ3) is 3.05. The van der Waals surface area contributed by atoms with E-state index in [1.165, 1.54) is 6.42 Å². The predicted octanol–water partition coefficient (Wildman–Crippen LogP) is 3.59. The van der Waals surface area contributed by atoms with Crippen LogP contribution in [-0.2, 0) is 0 Å². The number of carbonyl (C=O) groups is 1. The molecule has 3 aromatic rings. The lowest BCUT2D eigenvalue weighted by Crippen LogP contribution is -2.25. The lowest BCUT2D eigenvalue weighted by molar-refractivity contribution is 0.100. The van der Waals surface area contributed by atoms with Crippen LogP contribution in [0.3, 0.4) is 0 Å². The number of nitrogens with one attached hydrogen (secondary N) is 2. The van der Waals surface area contributed by atoms with Crippen LogP contribution in [-0.4, -0.2) is 27.6 Å². The maximum Gasteiger partial charge on any atom is 0.248 e. The van der Waals surface area contributed by atoms with E-state index in [0.717, 1.165) is 46.3 Å². The number of primary amides is 1. The summed E-state index contributed by atoms with van der Waals surface area (Å²) in [6, 6.07) is 13.4. The van der Waals surface area contributed by atoms with Crippen LogP contribution in [0, 0.1) is 18.3 Å². The SMILES string of the molecule is Cc1cccc(C(=N)/C(=C2\NC3CCC2C3)c2ccnc3ccc(C(N)=O)cc23)n1. The number of nitrogens with zero attached hydrogens (tertiary/aromatic N) is 2. The molecule has 4 N–H and O–H groups in total. The van der Waals surface area contributed by atoms with Crippen LogP contribution >= 0.6 is 0 Å². The van der Waals surface area contributed by atoms with Gasteiger partial charge in [0.15, 0.2) is 0 Å². The predicted molar refractivity (Wildman–Crippen MR) is 117 cm³/mol. The second kappa shape index (κ2) is 7.06. The fourth-order valence-corrected chi connectivity index (χ4v) is 4.73. The molecule has 1 saturated heterocycles. The van der Waals surface area contributed by atoms with E-state index in [1.807, 2.05) is 37.3 Å². The molecule has 1 aliphatic carbocycles. The summed E-state index contributed by atoms with van der Waals surface area (Å²) in [7, 11) is 0. The number of carbonyl (C=O) groups excluding carboxylic acids is 1. The summed E-state index contributed by atoms with van der Waals surface area (Å²) in [6.45, 7) is 1.93. The van der Waals surface area contributed by atoms with Gasteiger partial charge in [-0.25, -0.2) is 0 Å². The van der Waals surface area contributed by atoms with E-state index in [0.29, 0.717) is 28.9 Å². The van der Waals surface area contributed by atoms with Crippen molar-refractivity contribution in [2.45, 2.75) is 32.2 Å². The van der Waals surface area contributed by atoms with Crippen molar-refractivity contribution in [2.75, 3.05) is 0 Å². The number of allylic oxidation sites excluding steroid dienone is 2. The van der Waals surface area contributed by atoms with Gasteiger partial charge in [-0.05, 0) is 68.1 Å². The van der Waals surface area contributed by atoms with Crippen molar-refractivity contribution in [3.05, 3.63) is 76.9 Å². The average molecular weight is 397 g/mol. The van der Waals surface area contributed by atoms with Gasteiger partial charge in [-0.1, -0.05) is 6.07 Å². The highest BCUT2D eigenvalue weighted by atomic mass is 16.1. The lowest BCUT2D eigenvalue weighted by atomic mass is 9.89. The second-order valence-electron chi connectivity index (χ2n) is 8.13. The molecule has 30 heavy (non-hydrogen) atoms. The van der Waals surface area contributed by atoms with Gasteiger partial charge < -0.3 is 11.1 Å². The molecule has 3 heterocycles. The van der Waals surface area contributed by atoms with Gasteiger partial charge in [0.25, 0.3) is 0 Å². The Morgan fingerprint density at radius 3 is 2.77 bits per heavy atom. The van der Waals surface area contributed by atoms with Gasteiger partial charge in [-0.15, -0.1) is 0 Å². The first-order chi connectivity index (χ1) is 14.5. The number of hydrogen-bond acceptors (Lipinski definition) is 5. The van der Waals surface area contributed by atoms with Crippen molar-refractivity contribution in [1.29, 1.82) is 5.41 Å². The molecular formula is C24H23N5O. The Morgan fingerprint density at radius 1 is 1.20 bits per heavy atom. The number of aryl methyl sites for hydroxylation is 1. The van der Waals surface area contributed by atoms with Crippen LogP contribution in [0.2, 0.25) is 0 Å². The summed E-state index contributed by atoms with van der Waals surface area (Å²) in [5.74, 6) is -0.0629. The highest BCUT2D eigenvalue weighted by Gasteiger charge is 2.38. The number of benzene rings is 1. The minimum absolute atomic E-state index is 0.380. The van der Waals surface area contributed by atoms with Crippen LogP contribution < -0.4 is 11.1 Å². The van der Waals surface area contributed by atoms with Crippen molar-refractivity contribution in [1.82, 2.24) is 15.3 Å². The zero-order chi connectivity index (χ0) is 20.8. The largest absolute Gasteiger partial charge is 0.385 e. The first-order valence-corrected chi connectivity index (χ1v) is 10.2. The number of rotatable bonds is 4. The molecule has 2 atom stereocenters. The quantitative estimate of drug-likeness (QED) is 0.585. The Labute approximate surface area is 174 Å². The Morgan fingerprint density at radius 2 is 2.07 bits per heavy atom. The van der Waals surface area contributed by atoms with E-state index < -0.39 is 5.91 Å². The van der Waals surface area contributed by atoms with Gasteiger partial charge in [0.1, 0.15) is 0 Å². The molecule has 2 aliphatic rings. The van der Waals surface area contributed by atoms with Gasteiger partial charge in [0, 0.05) is 46.1 Å². The maximum absolute atomic E-state index is 11.8. The fourth-order valence-electron chi connectivity index (χ4n) is 4.73. The van der Waals surface area contributed by atoms with Gasteiger partial charge in [0.05, 0.1) is 16.9 Å². The average Bonchev–Trinajstić information content (AvgIpc) is 3.37. The molecule has 1 aliphatic heterocycles. The second-order valence-corrected chi connectivity index (χ2v) is 8.13.